The highest BCUT2D eigenvalue weighted by molar-refractivity contribution is 6.00. The minimum Gasteiger partial charge on any atom is -0.504 e. The van der Waals surface area contributed by atoms with Gasteiger partial charge in [0, 0.05) is 24.8 Å². The van der Waals surface area contributed by atoms with Crippen molar-refractivity contribution in [1.82, 2.24) is 15.1 Å². The fraction of sp³-hybridized carbons (Fsp3) is 0.304. The van der Waals surface area contributed by atoms with Crippen LogP contribution in [0.15, 0.2) is 42.5 Å². The van der Waals surface area contributed by atoms with Gasteiger partial charge in [-0.3, -0.25) is 9.89 Å². The van der Waals surface area contributed by atoms with Crippen molar-refractivity contribution in [1.29, 1.82) is 0 Å². The number of methoxy groups -OCH3 is 2. The Balaban J connectivity index is 1.84. The number of carbonyl (C=O) groups excluding carboxylic acids is 1. The zero-order valence-corrected chi connectivity index (χ0v) is 17.7. The first-order valence-electron chi connectivity index (χ1n) is 10.1. The van der Waals surface area contributed by atoms with Gasteiger partial charge in [-0.05, 0) is 48.9 Å². The average Bonchev–Trinajstić information content (AvgIpc) is 3.33. The van der Waals surface area contributed by atoms with Crippen molar-refractivity contribution in [3.8, 4) is 28.5 Å². The highest BCUT2D eigenvalue weighted by Gasteiger charge is 2.42. The summed E-state index contributed by atoms with van der Waals surface area (Å²) in [6.07, 6.45) is 0. The Bertz CT molecular complexity index is 1080. The summed E-state index contributed by atoms with van der Waals surface area (Å²) in [6, 6.07) is 12.3. The quantitative estimate of drug-likeness (QED) is 0.577. The molecule has 1 aliphatic rings. The molecule has 1 aromatic heterocycles. The minimum absolute atomic E-state index is 0.0566. The van der Waals surface area contributed by atoms with Crippen molar-refractivity contribution < 1.29 is 24.1 Å². The number of ether oxygens (including phenoxy) is 3. The number of aromatic hydroxyl groups is 1. The molecule has 31 heavy (non-hydrogen) atoms. The first-order valence-corrected chi connectivity index (χ1v) is 10.1. The van der Waals surface area contributed by atoms with Crippen molar-refractivity contribution in [2.75, 3.05) is 34.0 Å². The van der Waals surface area contributed by atoms with Gasteiger partial charge in [-0.1, -0.05) is 6.07 Å². The lowest BCUT2D eigenvalue weighted by molar-refractivity contribution is 0.0677. The number of hydrogen-bond acceptors (Lipinski definition) is 6. The zero-order chi connectivity index (χ0) is 22.0. The van der Waals surface area contributed by atoms with Crippen LogP contribution in [-0.4, -0.2) is 60.1 Å². The van der Waals surface area contributed by atoms with Gasteiger partial charge in [-0.25, -0.2) is 0 Å². The van der Waals surface area contributed by atoms with Crippen molar-refractivity contribution in [2.24, 2.45) is 0 Å². The summed E-state index contributed by atoms with van der Waals surface area (Å²) in [5.41, 5.74) is 3.63. The van der Waals surface area contributed by atoms with Crippen molar-refractivity contribution in [3.63, 3.8) is 0 Å². The summed E-state index contributed by atoms with van der Waals surface area (Å²) in [7, 11) is 3.22. The molecule has 0 aliphatic carbocycles. The van der Waals surface area contributed by atoms with Gasteiger partial charge in [0.2, 0.25) is 0 Å². The predicted molar refractivity (Wildman–Crippen MR) is 115 cm³/mol. The Hall–Kier alpha value is -3.52. The maximum absolute atomic E-state index is 13.2. The molecule has 0 bridgehead atoms. The number of phenolic OH excluding ortho intramolecular Hbond substituents is 1. The third-order valence-electron chi connectivity index (χ3n) is 5.36. The van der Waals surface area contributed by atoms with Crippen LogP contribution in [-0.2, 0) is 4.74 Å². The minimum atomic E-state index is -0.395. The van der Waals surface area contributed by atoms with Gasteiger partial charge in [0.25, 0.3) is 5.91 Å². The Morgan fingerprint density at radius 1 is 1.16 bits per heavy atom. The zero-order valence-electron chi connectivity index (χ0n) is 17.7. The highest BCUT2D eigenvalue weighted by atomic mass is 16.5. The number of nitrogens with zero attached hydrogens (tertiary/aromatic N) is 2. The van der Waals surface area contributed by atoms with Crippen LogP contribution in [0.3, 0.4) is 0 Å². The van der Waals surface area contributed by atoms with E-state index in [1.807, 2.05) is 31.2 Å². The fourth-order valence-electron chi connectivity index (χ4n) is 3.90. The van der Waals surface area contributed by atoms with E-state index in [1.54, 1.807) is 37.3 Å². The number of fused-ring (bicyclic) bond motifs is 1. The standard InChI is InChI=1S/C23H25N3O5/c1-4-31-18-13-15(7-10-17(18)27)22-19-20(14-5-8-16(30-3)9-6-14)24-25-21(19)23(28)26(22)11-12-29-2/h5-10,13,22,27H,4,11-12H2,1-3H3,(H,24,25). The topological polar surface area (TPSA) is 96.9 Å². The summed E-state index contributed by atoms with van der Waals surface area (Å²) in [6.45, 7) is 3.08. The summed E-state index contributed by atoms with van der Waals surface area (Å²) in [5, 5.41) is 17.5. The number of H-pyrrole nitrogens is 1. The molecule has 2 aromatic carbocycles. The third kappa shape index (κ3) is 3.70. The van der Waals surface area contributed by atoms with E-state index in [1.165, 1.54) is 0 Å². The largest absolute Gasteiger partial charge is 0.504 e. The maximum Gasteiger partial charge on any atom is 0.273 e. The van der Waals surface area contributed by atoms with Crippen molar-refractivity contribution >= 4 is 5.91 Å². The van der Waals surface area contributed by atoms with E-state index in [0.717, 1.165) is 22.4 Å². The second-order valence-corrected chi connectivity index (χ2v) is 7.14. The number of amides is 1. The monoisotopic (exact) mass is 423 g/mol. The SMILES string of the molecule is CCOc1cc(C2c3c(-c4ccc(OC)cc4)n[nH]c3C(=O)N2CCOC)ccc1O. The Labute approximate surface area is 180 Å². The van der Waals surface area contributed by atoms with Crippen LogP contribution in [0, 0.1) is 0 Å². The lowest BCUT2D eigenvalue weighted by atomic mass is 9.95. The van der Waals surface area contributed by atoms with E-state index in [4.69, 9.17) is 14.2 Å². The molecule has 0 radical (unpaired) electrons. The van der Waals surface area contributed by atoms with Gasteiger partial charge < -0.3 is 24.2 Å². The third-order valence-corrected chi connectivity index (χ3v) is 5.36. The van der Waals surface area contributed by atoms with Gasteiger partial charge in [0.1, 0.15) is 11.4 Å². The van der Waals surface area contributed by atoms with E-state index in [9.17, 15) is 9.90 Å². The molecule has 2 N–H and O–H groups in total. The highest BCUT2D eigenvalue weighted by Crippen LogP contribution is 2.44. The number of rotatable bonds is 8. The van der Waals surface area contributed by atoms with E-state index in [2.05, 4.69) is 10.2 Å². The molecule has 0 spiro atoms. The summed E-state index contributed by atoms with van der Waals surface area (Å²) in [4.78, 5) is 15.0. The van der Waals surface area contributed by atoms with Crippen LogP contribution in [0.25, 0.3) is 11.3 Å². The van der Waals surface area contributed by atoms with E-state index in [0.29, 0.717) is 36.9 Å². The fourth-order valence-corrected chi connectivity index (χ4v) is 3.90. The molecule has 0 fully saturated rings. The molecular weight excluding hydrogens is 398 g/mol. The lowest BCUT2D eigenvalue weighted by Crippen LogP contribution is -2.32. The van der Waals surface area contributed by atoms with Gasteiger partial charge in [0.15, 0.2) is 11.5 Å². The van der Waals surface area contributed by atoms with Crippen LogP contribution in [0.1, 0.15) is 34.6 Å². The number of aromatic amines is 1. The molecule has 3 aromatic rings. The van der Waals surface area contributed by atoms with Crippen LogP contribution in [0.5, 0.6) is 17.2 Å². The van der Waals surface area contributed by atoms with E-state index < -0.39 is 6.04 Å². The van der Waals surface area contributed by atoms with E-state index >= 15 is 0 Å². The molecule has 1 aliphatic heterocycles. The maximum atomic E-state index is 13.2. The number of phenols is 1. The molecule has 8 heteroatoms. The van der Waals surface area contributed by atoms with Gasteiger partial charge in [-0.2, -0.15) is 5.10 Å². The molecule has 0 saturated carbocycles. The molecule has 0 saturated heterocycles. The molecule has 162 valence electrons. The predicted octanol–water partition coefficient (Wildman–Crippen LogP) is 3.38. The molecular formula is C23H25N3O5. The molecule has 2 heterocycles. The number of aromatic nitrogens is 2. The summed E-state index contributed by atoms with van der Waals surface area (Å²) in [5.74, 6) is 1.03. The van der Waals surface area contributed by atoms with Crippen LogP contribution < -0.4 is 9.47 Å². The van der Waals surface area contributed by atoms with Gasteiger partial charge in [-0.15, -0.1) is 0 Å². The molecule has 1 atom stereocenters. The first kappa shape index (κ1) is 20.7. The molecule has 4 rings (SSSR count). The number of carbonyl (C=O) groups is 1. The Morgan fingerprint density at radius 3 is 2.61 bits per heavy atom. The Kier molecular flexibility index (Phi) is 5.81. The van der Waals surface area contributed by atoms with Crippen molar-refractivity contribution in [2.45, 2.75) is 13.0 Å². The van der Waals surface area contributed by atoms with Crippen molar-refractivity contribution in [3.05, 3.63) is 59.3 Å². The second kappa shape index (κ2) is 8.69. The van der Waals surface area contributed by atoms with E-state index in [-0.39, 0.29) is 11.7 Å². The van der Waals surface area contributed by atoms with Crippen LogP contribution in [0.2, 0.25) is 0 Å². The number of hydrogen-bond donors (Lipinski definition) is 2. The number of nitrogens with one attached hydrogen (secondary N) is 1. The summed E-state index contributed by atoms with van der Waals surface area (Å²) >= 11 is 0. The average molecular weight is 423 g/mol. The lowest BCUT2D eigenvalue weighted by Gasteiger charge is -2.26. The van der Waals surface area contributed by atoms with Gasteiger partial charge in [0.05, 0.1) is 32.1 Å². The van der Waals surface area contributed by atoms with Crippen LogP contribution in [0.4, 0.5) is 0 Å². The first-order chi connectivity index (χ1) is 15.1. The summed E-state index contributed by atoms with van der Waals surface area (Å²) < 4.78 is 16.1. The molecule has 1 amide bonds. The molecule has 8 nitrogen and oxygen atoms in total. The Morgan fingerprint density at radius 2 is 1.94 bits per heavy atom. The second-order valence-electron chi connectivity index (χ2n) is 7.14. The van der Waals surface area contributed by atoms with Crippen LogP contribution >= 0.6 is 0 Å². The number of benzene rings is 2. The van der Waals surface area contributed by atoms with Gasteiger partial charge >= 0.3 is 0 Å². The normalized spacial score (nSPS) is 15.3. The molecule has 1 unspecified atom stereocenters. The smallest absolute Gasteiger partial charge is 0.273 e.